The molecule has 0 aliphatic heterocycles. The largest absolute Gasteiger partial charge is 0.508 e. The third-order valence-electron chi connectivity index (χ3n) is 3.91. The molecule has 0 radical (unpaired) electrons. The number of nitrogens with one attached hydrogen (secondary N) is 1. The molecule has 1 amide bonds. The SMILES string of the molecule is Cc1ccc(C)n1-c1ccc(C(=O)N/N=C/c2cccc(O)c2)cc1. The normalized spacial score (nSPS) is 11.0. The zero-order valence-corrected chi connectivity index (χ0v) is 14.1. The highest BCUT2D eigenvalue weighted by Crippen LogP contribution is 2.17. The van der Waals surface area contributed by atoms with Crippen LogP contribution >= 0.6 is 0 Å². The first-order valence-electron chi connectivity index (χ1n) is 7.92. The molecule has 0 aliphatic rings. The zero-order chi connectivity index (χ0) is 17.8. The minimum absolute atomic E-state index is 0.154. The van der Waals surface area contributed by atoms with Crippen LogP contribution < -0.4 is 5.43 Å². The lowest BCUT2D eigenvalue weighted by Crippen LogP contribution is -2.17. The van der Waals surface area contributed by atoms with Crippen molar-refractivity contribution in [3.8, 4) is 11.4 Å². The average Bonchev–Trinajstić information content (AvgIpc) is 2.94. The summed E-state index contributed by atoms with van der Waals surface area (Å²) in [6, 6.07) is 18.1. The fourth-order valence-corrected chi connectivity index (χ4v) is 2.67. The van der Waals surface area contributed by atoms with E-state index in [1.54, 1.807) is 36.4 Å². The number of nitrogens with zero attached hydrogens (tertiary/aromatic N) is 2. The van der Waals surface area contributed by atoms with E-state index in [4.69, 9.17) is 0 Å². The number of carbonyl (C=O) groups excluding carboxylic acids is 1. The van der Waals surface area contributed by atoms with Crippen LogP contribution in [0.5, 0.6) is 5.75 Å². The first kappa shape index (κ1) is 16.5. The van der Waals surface area contributed by atoms with Gasteiger partial charge in [0.05, 0.1) is 6.21 Å². The monoisotopic (exact) mass is 333 g/mol. The summed E-state index contributed by atoms with van der Waals surface area (Å²) in [5.74, 6) is -0.134. The summed E-state index contributed by atoms with van der Waals surface area (Å²) in [5.41, 5.74) is 7.02. The molecule has 0 saturated heterocycles. The molecule has 5 heteroatoms. The second kappa shape index (κ2) is 7.05. The van der Waals surface area contributed by atoms with Crippen LogP contribution in [0.4, 0.5) is 0 Å². The Kier molecular flexibility index (Phi) is 4.66. The molecule has 25 heavy (non-hydrogen) atoms. The van der Waals surface area contributed by atoms with Gasteiger partial charge >= 0.3 is 0 Å². The van der Waals surface area contributed by atoms with E-state index in [0.29, 0.717) is 11.1 Å². The molecule has 0 bridgehead atoms. The molecule has 2 aromatic carbocycles. The van der Waals surface area contributed by atoms with E-state index in [2.05, 4.69) is 27.2 Å². The predicted molar refractivity (Wildman–Crippen MR) is 98.4 cm³/mol. The van der Waals surface area contributed by atoms with Crippen molar-refractivity contribution in [1.29, 1.82) is 0 Å². The summed E-state index contributed by atoms with van der Waals surface area (Å²) >= 11 is 0. The van der Waals surface area contributed by atoms with Gasteiger partial charge in [0.2, 0.25) is 0 Å². The lowest BCUT2D eigenvalue weighted by Gasteiger charge is -2.10. The molecule has 1 heterocycles. The molecule has 0 aliphatic carbocycles. The molecule has 0 atom stereocenters. The summed E-state index contributed by atoms with van der Waals surface area (Å²) in [7, 11) is 0. The van der Waals surface area contributed by atoms with Gasteiger partial charge in [0, 0.05) is 22.6 Å². The summed E-state index contributed by atoms with van der Waals surface area (Å²) in [6.07, 6.45) is 1.48. The van der Waals surface area contributed by atoms with Gasteiger partial charge < -0.3 is 9.67 Å². The van der Waals surface area contributed by atoms with Gasteiger partial charge in [-0.25, -0.2) is 5.43 Å². The number of benzene rings is 2. The average molecular weight is 333 g/mol. The van der Waals surface area contributed by atoms with Gasteiger partial charge in [-0.15, -0.1) is 0 Å². The van der Waals surface area contributed by atoms with Crippen molar-refractivity contribution in [1.82, 2.24) is 9.99 Å². The van der Waals surface area contributed by atoms with Crippen LogP contribution in [0.3, 0.4) is 0 Å². The van der Waals surface area contributed by atoms with E-state index in [9.17, 15) is 9.90 Å². The Morgan fingerprint density at radius 2 is 1.72 bits per heavy atom. The Hall–Kier alpha value is -3.34. The van der Waals surface area contributed by atoms with Crippen LogP contribution in [0.25, 0.3) is 5.69 Å². The second-order valence-corrected chi connectivity index (χ2v) is 5.79. The third-order valence-corrected chi connectivity index (χ3v) is 3.91. The van der Waals surface area contributed by atoms with Gasteiger partial charge in [-0.3, -0.25) is 4.79 Å². The Morgan fingerprint density at radius 3 is 2.36 bits per heavy atom. The minimum Gasteiger partial charge on any atom is -0.508 e. The highest BCUT2D eigenvalue weighted by molar-refractivity contribution is 5.95. The molecule has 3 rings (SSSR count). The smallest absolute Gasteiger partial charge is 0.271 e. The molecule has 3 aromatic rings. The van der Waals surface area contributed by atoms with Gasteiger partial charge in [0.25, 0.3) is 5.91 Å². The van der Waals surface area contributed by atoms with Gasteiger partial charge in [-0.1, -0.05) is 12.1 Å². The second-order valence-electron chi connectivity index (χ2n) is 5.79. The molecule has 0 fully saturated rings. The molecule has 0 unspecified atom stereocenters. The quantitative estimate of drug-likeness (QED) is 0.566. The summed E-state index contributed by atoms with van der Waals surface area (Å²) in [5, 5.41) is 13.3. The Morgan fingerprint density at radius 1 is 1.04 bits per heavy atom. The number of rotatable bonds is 4. The zero-order valence-electron chi connectivity index (χ0n) is 14.1. The molecule has 0 spiro atoms. The van der Waals surface area contributed by atoms with Crippen LogP contribution in [0.15, 0.2) is 65.8 Å². The van der Waals surface area contributed by atoms with E-state index in [1.807, 2.05) is 26.0 Å². The van der Waals surface area contributed by atoms with Crippen molar-refractivity contribution in [2.24, 2.45) is 5.10 Å². The maximum absolute atomic E-state index is 12.2. The maximum atomic E-state index is 12.2. The summed E-state index contributed by atoms with van der Waals surface area (Å²) < 4.78 is 2.13. The number of aromatic hydroxyl groups is 1. The van der Waals surface area contributed by atoms with Gasteiger partial charge in [0.1, 0.15) is 5.75 Å². The van der Waals surface area contributed by atoms with Gasteiger partial charge in [-0.2, -0.15) is 5.10 Å². The Labute approximate surface area is 146 Å². The van der Waals surface area contributed by atoms with Crippen molar-refractivity contribution in [3.63, 3.8) is 0 Å². The van der Waals surface area contributed by atoms with Gasteiger partial charge in [0.15, 0.2) is 0 Å². The Bertz CT molecular complexity index is 905. The fraction of sp³-hybridized carbons (Fsp3) is 0.100. The van der Waals surface area contributed by atoms with E-state index >= 15 is 0 Å². The third kappa shape index (κ3) is 3.77. The standard InChI is InChI=1S/C20H19N3O2/c1-14-6-7-15(2)23(14)18-10-8-17(9-11-18)20(25)22-21-13-16-4-3-5-19(24)12-16/h3-13,24H,1-2H3,(H,22,25)/b21-13+. The predicted octanol–water partition coefficient (Wildman–Crippen LogP) is 3.56. The van der Waals surface area contributed by atoms with E-state index in [-0.39, 0.29) is 11.7 Å². The summed E-state index contributed by atoms with van der Waals surface area (Å²) in [6.45, 7) is 4.09. The number of phenolic OH excluding ortho intramolecular Hbond substituents is 1. The number of hydrazone groups is 1. The van der Waals surface area contributed by atoms with E-state index in [0.717, 1.165) is 17.1 Å². The first-order chi connectivity index (χ1) is 12.0. The highest BCUT2D eigenvalue weighted by atomic mass is 16.3. The molecule has 2 N–H and O–H groups in total. The van der Waals surface area contributed by atoms with Gasteiger partial charge in [-0.05, 0) is 67.9 Å². The van der Waals surface area contributed by atoms with Crippen LogP contribution in [0.1, 0.15) is 27.3 Å². The van der Waals surface area contributed by atoms with Crippen molar-refractivity contribution in [2.75, 3.05) is 0 Å². The topological polar surface area (TPSA) is 66.6 Å². The van der Waals surface area contributed by atoms with E-state index in [1.165, 1.54) is 6.21 Å². The highest BCUT2D eigenvalue weighted by Gasteiger charge is 2.07. The molecular formula is C20H19N3O2. The van der Waals surface area contributed by atoms with Crippen molar-refractivity contribution in [2.45, 2.75) is 13.8 Å². The maximum Gasteiger partial charge on any atom is 0.271 e. The van der Waals surface area contributed by atoms with Crippen LogP contribution in [0, 0.1) is 13.8 Å². The number of amides is 1. The number of aromatic nitrogens is 1. The molecule has 126 valence electrons. The number of hydrogen-bond acceptors (Lipinski definition) is 3. The molecule has 1 aromatic heterocycles. The molecule has 5 nitrogen and oxygen atoms in total. The first-order valence-corrected chi connectivity index (χ1v) is 7.92. The van der Waals surface area contributed by atoms with Crippen LogP contribution in [0.2, 0.25) is 0 Å². The number of aryl methyl sites for hydroxylation is 2. The number of phenols is 1. The van der Waals surface area contributed by atoms with Crippen molar-refractivity contribution >= 4 is 12.1 Å². The van der Waals surface area contributed by atoms with E-state index < -0.39 is 0 Å². The molecular weight excluding hydrogens is 314 g/mol. The fourth-order valence-electron chi connectivity index (χ4n) is 2.67. The lowest BCUT2D eigenvalue weighted by molar-refractivity contribution is 0.0955. The number of hydrogen-bond donors (Lipinski definition) is 2. The van der Waals surface area contributed by atoms with Crippen LogP contribution in [-0.4, -0.2) is 21.8 Å². The lowest BCUT2D eigenvalue weighted by atomic mass is 10.2. The minimum atomic E-state index is -0.288. The van der Waals surface area contributed by atoms with Crippen molar-refractivity contribution in [3.05, 3.63) is 83.2 Å². The summed E-state index contributed by atoms with van der Waals surface area (Å²) in [4.78, 5) is 12.2. The molecule has 0 saturated carbocycles. The van der Waals surface area contributed by atoms with Crippen LogP contribution in [-0.2, 0) is 0 Å². The van der Waals surface area contributed by atoms with Crippen molar-refractivity contribution < 1.29 is 9.90 Å². The Balaban J connectivity index is 1.69. The number of carbonyl (C=O) groups is 1.